The van der Waals surface area contributed by atoms with E-state index in [0.29, 0.717) is 23.7 Å². The van der Waals surface area contributed by atoms with Crippen molar-refractivity contribution in [2.45, 2.75) is 161 Å². The summed E-state index contributed by atoms with van der Waals surface area (Å²) in [6.07, 6.45) is 13.4. The van der Waals surface area contributed by atoms with Crippen LogP contribution in [0.15, 0.2) is 217 Å². The van der Waals surface area contributed by atoms with Crippen molar-refractivity contribution in [1.82, 2.24) is 0 Å². The van der Waals surface area contributed by atoms with Crippen LogP contribution < -0.4 is 9.80 Å². The number of anilines is 6. The lowest BCUT2D eigenvalue weighted by atomic mass is 9.77. The summed E-state index contributed by atoms with van der Waals surface area (Å²) in [6, 6.07) is 79.0. The van der Waals surface area contributed by atoms with E-state index in [4.69, 9.17) is 9.83 Å². The predicted molar refractivity (Wildman–Crippen MR) is 405 cm³/mol. The van der Waals surface area contributed by atoms with Crippen LogP contribution in [0.4, 0.5) is 34.1 Å². The number of nitrogens with one attached hydrogen (secondary N) is 1. The Labute approximate surface area is 561 Å². The Morgan fingerprint density at radius 3 is 1.45 bits per heavy atom. The first-order valence-electron chi connectivity index (χ1n) is 35.2. The predicted octanol–water partition coefficient (Wildman–Crippen LogP) is 26.7. The molecule has 1 heterocycles. The molecule has 1 aromatic heterocycles. The monoisotopic (exact) mass is 1240 g/mol. The molecule has 0 spiro atoms. The summed E-state index contributed by atoms with van der Waals surface area (Å²) in [6.45, 7) is 20.2. The van der Waals surface area contributed by atoms with Gasteiger partial charge in [0.15, 0.2) is 5.58 Å². The third-order valence-electron chi connectivity index (χ3n) is 21.6. The van der Waals surface area contributed by atoms with E-state index in [0.717, 1.165) is 115 Å². The summed E-state index contributed by atoms with van der Waals surface area (Å²) in [5.74, 6) is 1.63. The number of nitrogens with zero attached hydrogens (tertiary/aromatic N) is 2. The van der Waals surface area contributed by atoms with Crippen molar-refractivity contribution >= 4 is 94.6 Å². The van der Waals surface area contributed by atoms with Crippen molar-refractivity contribution in [3.63, 3.8) is 0 Å². The molecule has 5 heteroatoms. The lowest BCUT2D eigenvalue weighted by molar-refractivity contribution is 0.445. The number of fused-ring (bicyclic) bond motifs is 3. The average molecular weight is 1240 g/mol. The first-order valence-corrected chi connectivity index (χ1v) is 35.2. The molecule has 12 aromatic carbocycles. The molecule has 0 unspecified atom stereocenters. The molecule has 15 rings (SSSR count). The fourth-order valence-electron chi connectivity index (χ4n) is 16.4. The third-order valence-corrected chi connectivity index (χ3v) is 21.6. The highest BCUT2D eigenvalue weighted by molar-refractivity contribution is 6.30. The van der Waals surface area contributed by atoms with Crippen molar-refractivity contribution in [3.05, 3.63) is 246 Å². The van der Waals surface area contributed by atoms with Gasteiger partial charge < -0.3 is 24.7 Å². The molecule has 0 aliphatic heterocycles. The number of phenolic OH excluding ortho intramolecular Hbond substituents is 1. The molecule has 2 aliphatic carbocycles. The Kier molecular flexibility index (Phi) is 16.1. The molecule has 13 aromatic rings. The van der Waals surface area contributed by atoms with E-state index in [2.05, 4.69) is 284 Å². The molecule has 2 aliphatic rings. The molecule has 2 saturated carbocycles. The summed E-state index contributed by atoms with van der Waals surface area (Å²) in [5.41, 5.74) is 21.0. The summed E-state index contributed by atoms with van der Waals surface area (Å²) in [4.78, 5) is 4.92. The van der Waals surface area contributed by atoms with Crippen LogP contribution >= 0.6 is 0 Å². The largest absolute Gasteiger partial charge is 0.505 e. The van der Waals surface area contributed by atoms with E-state index in [-0.39, 0.29) is 11.2 Å². The number of aromatic hydroxyl groups is 1. The van der Waals surface area contributed by atoms with Crippen molar-refractivity contribution in [2.24, 2.45) is 0 Å². The van der Waals surface area contributed by atoms with E-state index in [1.54, 1.807) is 6.21 Å². The quantitative estimate of drug-likeness (QED) is 0.0793. The zero-order valence-corrected chi connectivity index (χ0v) is 56.9. The van der Waals surface area contributed by atoms with Gasteiger partial charge in [-0.25, -0.2) is 0 Å². The maximum atomic E-state index is 13.5. The number of hydrogen-bond acceptors (Lipinski definition) is 5. The number of phenols is 1. The molecule has 476 valence electrons. The maximum Gasteiger partial charge on any atom is 0.159 e. The second-order valence-corrected chi connectivity index (χ2v) is 29.8. The lowest BCUT2D eigenvalue weighted by Gasteiger charge is -2.34. The number of rotatable bonds is 15. The van der Waals surface area contributed by atoms with E-state index in [1.165, 1.54) is 104 Å². The number of furan rings is 1. The zero-order chi connectivity index (χ0) is 65.4. The fourth-order valence-corrected chi connectivity index (χ4v) is 16.4. The summed E-state index contributed by atoms with van der Waals surface area (Å²) < 4.78 is 7.54. The minimum absolute atomic E-state index is 0.144. The average Bonchev–Trinajstić information content (AvgIpc) is 0.839. The molecule has 0 amide bonds. The van der Waals surface area contributed by atoms with Gasteiger partial charge in [0.2, 0.25) is 0 Å². The van der Waals surface area contributed by atoms with Gasteiger partial charge >= 0.3 is 0 Å². The molecular weight excluding hydrogens is 1160 g/mol. The van der Waals surface area contributed by atoms with Crippen molar-refractivity contribution in [3.8, 4) is 39.1 Å². The number of hydrogen-bond donors (Lipinski definition) is 2. The van der Waals surface area contributed by atoms with Crippen LogP contribution in [-0.4, -0.2) is 11.3 Å². The van der Waals surface area contributed by atoms with Gasteiger partial charge in [-0.3, -0.25) is 0 Å². The Hall–Kier alpha value is -9.45. The van der Waals surface area contributed by atoms with E-state index >= 15 is 0 Å². The van der Waals surface area contributed by atoms with E-state index in [9.17, 15) is 5.11 Å². The lowest BCUT2D eigenvalue weighted by Crippen LogP contribution is -2.19. The highest BCUT2D eigenvalue weighted by Gasteiger charge is 2.33. The Morgan fingerprint density at radius 1 is 0.411 bits per heavy atom. The highest BCUT2D eigenvalue weighted by Crippen LogP contribution is 2.56. The topological polar surface area (TPSA) is 63.7 Å². The van der Waals surface area contributed by atoms with Crippen LogP contribution in [-0.2, 0) is 10.8 Å². The fraction of sp³-hybridized carbons (Fsp3) is 0.278. The Balaban J connectivity index is 1.04. The van der Waals surface area contributed by atoms with E-state index in [1.807, 2.05) is 0 Å². The van der Waals surface area contributed by atoms with Crippen LogP contribution in [0.3, 0.4) is 0 Å². The Bertz CT molecular complexity index is 5060. The molecular formula is C90H89N3O2. The molecule has 2 N–H and O–H groups in total. The van der Waals surface area contributed by atoms with Crippen molar-refractivity contribution < 1.29 is 9.52 Å². The molecule has 5 nitrogen and oxygen atoms in total. The SMILES string of the molecule is CC(C)c1ccccc1-c1cccc(-c2cccc(N(c3cccc(C(C)(C)C)c3)c3cc(C4CCCCC4)c4ccc5c(N(c6cccc(C(C)(C)C=N)c6)c6cccc7c6oc6c(-c8ccccc8C(C)C)cccc67)cc(C6CCCCC6)c6ccc3c4c65)c2O)c1. The van der Waals surface area contributed by atoms with Crippen LogP contribution in [0.5, 0.6) is 5.75 Å². The van der Waals surface area contributed by atoms with Gasteiger partial charge in [0.05, 0.1) is 22.7 Å². The van der Waals surface area contributed by atoms with Gasteiger partial charge in [0, 0.05) is 55.7 Å². The minimum Gasteiger partial charge on any atom is -0.505 e. The van der Waals surface area contributed by atoms with Gasteiger partial charge in [0.1, 0.15) is 11.3 Å². The minimum atomic E-state index is -0.524. The summed E-state index contributed by atoms with van der Waals surface area (Å²) in [7, 11) is 0. The second kappa shape index (κ2) is 24.7. The number of para-hydroxylation sites is 3. The first kappa shape index (κ1) is 61.7. The molecule has 0 atom stereocenters. The standard InChI is InChI=1S/C90H89N3O2/c1-56(2)66-36-16-18-38-68(66)60-30-20-31-61(50-60)69-40-24-44-80(86(69)94)92(64-34-21-32-62(51-64)89(5,6)7)82-53-78(58-26-12-10-13-27-58)71-47-49-77-83(54-79(59-28-14-11-15-29-59)72-46-48-76(82)84(71)85(72)77)93(65-35-22-33-63(52-65)90(8,9)55-91)81-45-25-43-75-74-42-23-41-73(87(74)95-88(75)81)70-39-19-17-37-67(70)57(3)4/h16-25,30-59,91,94H,10-15,26-29H2,1-9H3. The molecule has 0 saturated heterocycles. The van der Waals surface area contributed by atoms with Gasteiger partial charge in [0.25, 0.3) is 0 Å². The normalized spacial score (nSPS) is 14.6. The first-order chi connectivity index (χ1) is 46.1. The summed E-state index contributed by atoms with van der Waals surface area (Å²) >= 11 is 0. The molecule has 2 fully saturated rings. The zero-order valence-electron chi connectivity index (χ0n) is 56.9. The van der Waals surface area contributed by atoms with Gasteiger partial charge in [-0.2, -0.15) is 0 Å². The van der Waals surface area contributed by atoms with Gasteiger partial charge in [-0.1, -0.05) is 259 Å². The van der Waals surface area contributed by atoms with Gasteiger partial charge in [-0.05, 0) is 187 Å². The van der Waals surface area contributed by atoms with Crippen LogP contribution in [0.2, 0.25) is 0 Å². The van der Waals surface area contributed by atoms with Crippen molar-refractivity contribution in [2.75, 3.05) is 9.80 Å². The van der Waals surface area contributed by atoms with Crippen LogP contribution in [0, 0.1) is 5.41 Å². The Morgan fingerprint density at radius 2 is 0.863 bits per heavy atom. The summed E-state index contributed by atoms with van der Waals surface area (Å²) in [5, 5.41) is 31.9. The third kappa shape index (κ3) is 10.9. The second-order valence-electron chi connectivity index (χ2n) is 29.8. The molecule has 0 radical (unpaired) electrons. The van der Waals surface area contributed by atoms with Crippen LogP contribution in [0.25, 0.3) is 87.6 Å². The molecule has 0 bridgehead atoms. The van der Waals surface area contributed by atoms with Crippen molar-refractivity contribution in [1.29, 1.82) is 5.41 Å². The molecule has 95 heavy (non-hydrogen) atoms. The van der Waals surface area contributed by atoms with Gasteiger partial charge in [-0.15, -0.1) is 0 Å². The smallest absolute Gasteiger partial charge is 0.159 e. The maximum absolute atomic E-state index is 13.5. The number of benzene rings is 12. The highest BCUT2D eigenvalue weighted by atomic mass is 16.3. The van der Waals surface area contributed by atoms with E-state index < -0.39 is 5.41 Å². The van der Waals surface area contributed by atoms with Crippen LogP contribution in [0.1, 0.15) is 184 Å².